The van der Waals surface area contributed by atoms with Gasteiger partial charge in [-0.3, -0.25) is 0 Å². The maximum Gasteiger partial charge on any atom is 0.173 e. The Morgan fingerprint density at radius 2 is 1.30 bits per heavy atom. The number of hydrogen-bond donors (Lipinski definition) is 1. The summed E-state index contributed by atoms with van der Waals surface area (Å²) < 4.78 is 11.6. The summed E-state index contributed by atoms with van der Waals surface area (Å²) in [4.78, 5) is 0. The molecule has 3 rings (SSSR count). The van der Waals surface area contributed by atoms with Gasteiger partial charge < -0.3 is 14.6 Å². The van der Waals surface area contributed by atoms with Crippen LogP contribution < -0.4 is 9.47 Å². The highest BCUT2D eigenvalue weighted by Crippen LogP contribution is 2.40. The Bertz CT molecular complexity index is 773. The van der Waals surface area contributed by atoms with Gasteiger partial charge in [-0.15, -0.1) is 0 Å². The topological polar surface area (TPSA) is 38.7 Å². The highest BCUT2D eigenvalue weighted by Gasteiger charge is 2.13. The first kappa shape index (κ1) is 15.4. The van der Waals surface area contributed by atoms with E-state index in [-0.39, 0.29) is 5.75 Å². The number of hydrogen-bond acceptors (Lipinski definition) is 3. The number of halogens is 1. The SMILES string of the molecule is Oc1cc(Oc2ccccc2)cc(CBr)c1Oc1ccccc1. The van der Waals surface area contributed by atoms with Crippen molar-refractivity contribution in [1.82, 2.24) is 0 Å². The van der Waals surface area contributed by atoms with Gasteiger partial charge in [-0.2, -0.15) is 0 Å². The summed E-state index contributed by atoms with van der Waals surface area (Å²) in [7, 11) is 0. The van der Waals surface area contributed by atoms with E-state index in [1.807, 2.05) is 66.7 Å². The van der Waals surface area contributed by atoms with Crippen LogP contribution in [0.3, 0.4) is 0 Å². The molecule has 0 heterocycles. The number of benzene rings is 3. The molecule has 0 saturated carbocycles. The van der Waals surface area contributed by atoms with Crippen molar-refractivity contribution in [1.29, 1.82) is 0 Å². The molecule has 1 N–H and O–H groups in total. The second-order valence-electron chi connectivity index (χ2n) is 4.89. The average molecular weight is 371 g/mol. The highest BCUT2D eigenvalue weighted by atomic mass is 79.9. The number of ether oxygens (including phenoxy) is 2. The first-order valence-corrected chi connectivity index (χ1v) is 8.26. The van der Waals surface area contributed by atoms with Gasteiger partial charge in [-0.05, 0) is 30.3 Å². The number of aromatic hydroxyl groups is 1. The normalized spacial score (nSPS) is 10.3. The van der Waals surface area contributed by atoms with Crippen LogP contribution in [-0.4, -0.2) is 5.11 Å². The Kier molecular flexibility index (Phi) is 4.83. The lowest BCUT2D eigenvalue weighted by atomic mass is 10.2. The molecule has 0 aliphatic heterocycles. The van der Waals surface area contributed by atoms with Crippen molar-refractivity contribution in [2.45, 2.75) is 5.33 Å². The summed E-state index contributed by atoms with van der Waals surface area (Å²) in [5.74, 6) is 2.40. The third-order valence-electron chi connectivity index (χ3n) is 3.21. The van der Waals surface area contributed by atoms with Crippen LogP contribution in [0, 0.1) is 0 Å². The molecule has 0 amide bonds. The zero-order valence-corrected chi connectivity index (χ0v) is 13.9. The molecular formula is C19H15BrO3. The second kappa shape index (κ2) is 7.20. The second-order valence-corrected chi connectivity index (χ2v) is 5.46. The fourth-order valence-corrected chi connectivity index (χ4v) is 2.57. The number of para-hydroxylation sites is 2. The molecule has 0 aliphatic carbocycles. The van der Waals surface area contributed by atoms with Crippen molar-refractivity contribution < 1.29 is 14.6 Å². The number of phenolic OH excluding ortho intramolecular Hbond substituents is 1. The molecule has 0 aromatic heterocycles. The van der Waals surface area contributed by atoms with Gasteiger partial charge in [0.15, 0.2) is 11.5 Å². The van der Waals surface area contributed by atoms with E-state index in [0.717, 1.165) is 5.56 Å². The molecular weight excluding hydrogens is 356 g/mol. The van der Waals surface area contributed by atoms with E-state index in [0.29, 0.717) is 28.3 Å². The summed E-state index contributed by atoms with van der Waals surface area (Å²) in [5, 5.41) is 10.9. The van der Waals surface area contributed by atoms with Gasteiger partial charge in [0.1, 0.15) is 17.2 Å². The Hall–Kier alpha value is -2.46. The van der Waals surface area contributed by atoms with Crippen LogP contribution in [0.2, 0.25) is 0 Å². The van der Waals surface area contributed by atoms with Crippen LogP contribution in [0.25, 0.3) is 0 Å². The van der Waals surface area contributed by atoms with Gasteiger partial charge in [0, 0.05) is 17.0 Å². The van der Waals surface area contributed by atoms with Crippen LogP contribution in [0.1, 0.15) is 5.56 Å². The summed E-state index contributed by atoms with van der Waals surface area (Å²) in [5.41, 5.74) is 0.805. The van der Waals surface area contributed by atoms with Crippen molar-refractivity contribution in [3.8, 4) is 28.7 Å². The van der Waals surface area contributed by atoms with E-state index < -0.39 is 0 Å². The Balaban J connectivity index is 1.90. The van der Waals surface area contributed by atoms with Crippen molar-refractivity contribution in [2.75, 3.05) is 0 Å². The summed E-state index contributed by atoms with van der Waals surface area (Å²) in [6.45, 7) is 0. The Morgan fingerprint density at radius 1 is 0.739 bits per heavy atom. The molecule has 0 fully saturated rings. The molecule has 3 aromatic rings. The fraction of sp³-hybridized carbons (Fsp3) is 0.0526. The number of phenols is 1. The van der Waals surface area contributed by atoms with Crippen molar-refractivity contribution in [2.24, 2.45) is 0 Å². The Morgan fingerprint density at radius 3 is 1.87 bits per heavy atom. The van der Waals surface area contributed by atoms with Gasteiger partial charge >= 0.3 is 0 Å². The van der Waals surface area contributed by atoms with Gasteiger partial charge in [0.2, 0.25) is 0 Å². The van der Waals surface area contributed by atoms with Crippen LogP contribution in [-0.2, 0) is 5.33 Å². The molecule has 3 aromatic carbocycles. The van der Waals surface area contributed by atoms with Crippen LogP contribution in [0.15, 0.2) is 72.8 Å². The maximum absolute atomic E-state index is 10.3. The van der Waals surface area contributed by atoms with Gasteiger partial charge in [-0.25, -0.2) is 0 Å². The van der Waals surface area contributed by atoms with Crippen LogP contribution in [0.4, 0.5) is 0 Å². The molecule has 116 valence electrons. The molecule has 4 heteroatoms. The molecule has 0 aliphatic rings. The van der Waals surface area contributed by atoms with E-state index >= 15 is 0 Å². The number of alkyl halides is 1. The van der Waals surface area contributed by atoms with Gasteiger partial charge in [0.05, 0.1) is 0 Å². The molecule has 0 unspecified atom stereocenters. The minimum absolute atomic E-state index is 0.0386. The monoisotopic (exact) mass is 370 g/mol. The predicted molar refractivity (Wildman–Crippen MR) is 93.8 cm³/mol. The van der Waals surface area contributed by atoms with Crippen LogP contribution >= 0.6 is 15.9 Å². The van der Waals surface area contributed by atoms with E-state index in [1.54, 1.807) is 6.07 Å². The van der Waals surface area contributed by atoms with E-state index in [2.05, 4.69) is 15.9 Å². The minimum Gasteiger partial charge on any atom is -0.504 e. The average Bonchev–Trinajstić information content (AvgIpc) is 2.59. The number of rotatable bonds is 5. The zero-order chi connectivity index (χ0) is 16.1. The molecule has 23 heavy (non-hydrogen) atoms. The molecule has 3 nitrogen and oxygen atoms in total. The molecule has 0 spiro atoms. The lowest BCUT2D eigenvalue weighted by Crippen LogP contribution is -1.92. The van der Waals surface area contributed by atoms with Crippen molar-refractivity contribution >= 4 is 15.9 Å². The maximum atomic E-state index is 10.3. The molecule has 0 radical (unpaired) electrons. The molecule has 0 atom stereocenters. The summed E-state index contributed by atoms with van der Waals surface area (Å²) in [6.07, 6.45) is 0. The fourth-order valence-electron chi connectivity index (χ4n) is 2.15. The zero-order valence-electron chi connectivity index (χ0n) is 12.3. The largest absolute Gasteiger partial charge is 0.504 e. The Labute approximate surface area is 143 Å². The summed E-state index contributed by atoms with van der Waals surface area (Å²) in [6, 6.07) is 22.2. The predicted octanol–water partition coefficient (Wildman–Crippen LogP) is 5.87. The quantitative estimate of drug-likeness (QED) is 0.570. The van der Waals surface area contributed by atoms with E-state index in [4.69, 9.17) is 9.47 Å². The summed E-state index contributed by atoms with van der Waals surface area (Å²) >= 11 is 3.43. The lowest BCUT2D eigenvalue weighted by molar-refractivity contribution is 0.402. The first-order chi connectivity index (χ1) is 11.3. The standard InChI is InChI=1S/C19H15BrO3/c20-13-14-11-17(22-15-7-3-1-4-8-15)12-18(21)19(14)23-16-9-5-2-6-10-16/h1-12,21H,13H2. The third-order valence-corrected chi connectivity index (χ3v) is 3.81. The van der Waals surface area contributed by atoms with E-state index in [1.165, 1.54) is 0 Å². The molecule has 0 saturated heterocycles. The van der Waals surface area contributed by atoms with Crippen LogP contribution in [0.5, 0.6) is 28.7 Å². The third kappa shape index (κ3) is 3.85. The first-order valence-electron chi connectivity index (χ1n) is 7.14. The van der Waals surface area contributed by atoms with E-state index in [9.17, 15) is 5.11 Å². The van der Waals surface area contributed by atoms with Gasteiger partial charge in [-0.1, -0.05) is 52.3 Å². The van der Waals surface area contributed by atoms with Gasteiger partial charge in [0.25, 0.3) is 0 Å². The minimum atomic E-state index is 0.0386. The van der Waals surface area contributed by atoms with Crippen molar-refractivity contribution in [3.05, 3.63) is 78.4 Å². The van der Waals surface area contributed by atoms with Crippen molar-refractivity contribution in [3.63, 3.8) is 0 Å². The molecule has 0 bridgehead atoms. The lowest BCUT2D eigenvalue weighted by Gasteiger charge is -2.14. The highest BCUT2D eigenvalue weighted by molar-refractivity contribution is 9.08. The smallest absolute Gasteiger partial charge is 0.173 e.